The Morgan fingerprint density at radius 2 is 2.10 bits per heavy atom. The first kappa shape index (κ1) is 13.1. The molecule has 1 amide bonds. The average molecular weight is 306 g/mol. The van der Waals surface area contributed by atoms with Crippen molar-refractivity contribution in [1.29, 1.82) is 0 Å². The van der Waals surface area contributed by atoms with Crippen LogP contribution in [0.1, 0.15) is 12.0 Å². The molecule has 0 spiro atoms. The number of nitrogens with zero attached hydrogens (tertiary/aromatic N) is 2. The first-order valence-corrected chi connectivity index (χ1v) is 7.62. The number of hydrogen-bond donors (Lipinski definition) is 1. The third-order valence-corrected chi connectivity index (χ3v) is 4.66. The summed E-state index contributed by atoms with van der Waals surface area (Å²) >= 11 is 6.45. The Bertz CT molecular complexity index is 625. The molecular weight excluding hydrogens is 290 g/mol. The van der Waals surface area contributed by atoms with Crippen LogP contribution in [0.25, 0.3) is 0 Å². The maximum atomic E-state index is 11.5. The van der Waals surface area contributed by atoms with Gasteiger partial charge in [-0.05, 0) is 24.1 Å². The van der Waals surface area contributed by atoms with Crippen LogP contribution in [0.3, 0.4) is 0 Å². The van der Waals surface area contributed by atoms with E-state index in [0.717, 1.165) is 54.7 Å². The van der Waals surface area contributed by atoms with Gasteiger partial charge in [-0.2, -0.15) is 5.10 Å². The third kappa shape index (κ3) is 2.30. The van der Waals surface area contributed by atoms with Gasteiger partial charge in [0.2, 0.25) is 5.91 Å². The van der Waals surface area contributed by atoms with E-state index in [1.165, 1.54) is 0 Å². The predicted molar refractivity (Wildman–Crippen MR) is 80.8 cm³/mol. The molecule has 1 aromatic rings. The Balaban J connectivity index is 1.60. The SMILES string of the molecule is O=C1NN=C(c2ccc(N3CCOCC3)c(Cl)c2)[C@@H]2C[C@H]12. The summed E-state index contributed by atoms with van der Waals surface area (Å²) in [6, 6.07) is 6.04. The molecule has 0 bridgehead atoms. The number of benzene rings is 1. The smallest absolute Gasteiger partial charge is 0.243 e. The quantitative estimate of drug-likeness (QED) is 0.904. The molecule has 110 valence electrons. The van der Waals surface area contributed by atoms with Gasteiger partial charge in [0.15, 0.2) is 0 Å². The summed E-state index contributed by atoms with van der Waals surface area (Å²) in [4.78, 5) is 13.7. The molecule has 0 unspecified atom stereocenters. The van der Waals surface area contributed by atoms with E-state index in [9.17, 15) is 4.79 Å². The normalized spacial score (nSPS) is 27.8. The van der Waals surface area contributed by atoms with Crippen molar-refractivity contribution < 1.29 is 9.53 Å². The minimum Gasteiger partial charge on any atom is -0.378 e. The molecule has 0 aromatic heterocycles. The van der Waals surface area contributed by atoms with Crippen LogP contribution in [-0.2, 0) is 9.53 Å². The highest BCUT2D eigenvalue weighted by Crippen LogP contribution is 2.44. The van der Waals surface area contributed by atoms with Crippen molar-refractivity contribution >= 4 is 28.9 Å². The lowest BCUT2D eigenvalue weighted by atomic mass is 10.0. The van der Waals surface area contributed by atoms with Gasteiger partial charge in [-0.3, -0.25) is 4.79 Å². The Kier molecular flexibility index (Phi) is 3.12. The maximum absolute atomic E-state index is 11.5. The zero-order valence-electron chi connectivity index (χ0n) is 11.5. The van der Waals surface area contributed by atoms with E-state index in [1.807, 2.05) is 18.2 Å². The Morgan fingerprint density at radius 1 is 1.29 bits per heavy atom. The van der Waals surface area contributed by atoms with Crippen LogP contribution in [0.5, 0.6) is 0 Å². The number of hydrazone groups is 1. The molecule has 1 aliphatic carbocycles. The number of ether oxygens (including phenoxy) is 1. The zero-order chi connectivity index (χ0) is 14.4. The van der Waals surface area contributed by atoms with Gasteiger partial charge in [-0.15, -0.1) is 0 Å². The molecule has 2 fully saturated rings. The van der Waals surface area contributed by atoms with Crippen LogP contribution >= 0.6 is 11.6 Å². The van der Waals surface area contributed by atoms with E-state index in [1.54, 1.807) is 0 Å². The highest BCUT2D eigenvalue weighted by Gasteiger charge is 2.49. The number of anilines is 1. The first-order valence-electron chi connectivity index (χ1n) is 7.24. The molecular formula is C15H16ClN3O2. The number of nitrogens with one attached hydrogen (secondary N) is 1. The van der Waals surface area contributed by atoms with Crippen molar-refractivity contribution in [2.45, 2.75) is 6.42 Å². The number of amides is 1. The number of carbonyl (C=O) groups excluding carboxylic acids is 1. The lowest BCUT2D eigenvalue weighted by Gasteiger charge is -2.29. The third-order valence-electron chi connectivity index (χ3n) is 4.36. The lowest BCUT2D eigenvalue weighted by molar-refractivity contribution is -0.122. The molecule has 2 aliphatic heterocycles. The molecule has 2 heterocycles. The van der Waals surface area contributed by atoms with Crippen LogP contribution in [0.2, 0.25) is 5.02 Å². The molecule has 3 aliphatic rings. The van der Waals surface area contributed by atoms with Crippen molar-refractivity contribution in [1.82, 2.24) is 5.43 Å². The van der Waals surface area contributed by atoms with Gasteiger partial charge in [0.05, 0.1) is 29.6 Å². The fraction of sp³-hybridized carbons (Fsp3) is 0.467. The van der Waals surface area contributed by atoms with Crippen LogP contribution < -0.4 is 10.3 Å². The largest absolute Gasteiger partial charge is 0.378 e. The number of halogens is 1. The lowest BCUT2D eigenvalue weighted by Crippen LogP contribution is -2.36. The standard InChI is InChI=1S/C15H16ClN3O2/c16-12-7-9(14-10-8-11(10)15(20)18-17-14)1-2-13(12)19-3-5-21-6-4-19/h1-2,7,10-11H,3-6,8H2,(H,18,20)/t10-,11+/m1/s1. The summed E-state index contributed by atoms with van der Waals surface area (Å²) in [5.74, 6) is 0.416. The molecule has 1 saturated heterocycles. The van der Waals surface area contributed by atoms with Crippen LogP contribution in [0, 0.1) is 11.8 Å². The molecule has 5 nitrogen and oxygen atoms in total. The second-order valence-corrected chi connectivity index (χ2v) is 6.09. The van der Waals surface area contributed by atoms with Crippen molar-refractivity contribution in [2.75, 3.05) is 31.2 Å². The Labute approximate surface area is 127 Å². The maximum Gasteiger partial charge on any atom is 0.243 e. The van der Waals surface area contributed by atoms with Crippen molar-refractivity contribution in [3.63, 3.8) is 0 Å². The number of carbonyl (C=O) groups is 1. The van der Waals surface area contributed by atoms with Crippen molar-refractivity contribution in [2.24, 2.45) is 16.9 Å². The van der Waals surface area contributed by atoms with Gasteiger partial charge in [0, 0.05) is 24.9 Å². The molecule has 1 aromatic carbocycles. The summed E-state index contributed by atoms with van der Waals surface area (Å²) in [7, 11) is 0. The van der Waals surface area contributed by atoms with E-state index in [2.05, 4.69) is 15.4 Å². The minimum absolute atomic E-state index is 0.0415. The van der Waals surface area contributed by atoms with Gasteiger partial charge in [0.25, 0.3) is 0 Å². The molecule has 0 radical (unpaired) electrons. The molecule has 1 N–H and O–H groups in total. The molecule has 2 atom stereocenters. The monoisotopic (exact) mass is 305 g/mol. The fourth-order valence-corrected chi connectivity index (χ4v) is 3.37. The summed E-state index contributed by atoms with van der Waals surface area (Å²) < 4.78 is 5.37. The van der Waals surface area contributed by atoms with Gasteiger partial charge in [-0.1, -0.05) is 17.7 Å². The molecule has 1 saturated carbocycles. The van der Waals surface area contributed by atoms with Crippen LogP contribution in [-0.4, -0.2) is 37.9 Å². The number of morpholine rings is 1. The summed E-state index contributed by atoms with van der Waals surface area (Å²) in [5.41, 5.74) is 5.59. The minimum atomic E-state index is 0.0415. The molecule has 6 heteroatoms. The topological polar surface area (TPSA) is 53.9 Å². The number of fused-ring (bicyclic) bond motifs is 1. The second kappa shape index (κ2) is 5.00. The first-order chi connectivity index (χ1) is 10.2. The van der Waals surface area contributed by atoms with E-state index >= 15 is 0 Å². The van der Waals surface area contributed by atoms with Crippen LogP contribution in [0.15, 0.2) is 23.3 Å². The Hall–Kier alpha value is -1.59. The number of rotatable bonds is 2. The van der Waals surface area contributed by atoms with E-state index in [0.29, 0.717) is 0 Å². The van der Waals surface area contributed by atoms with E-state index in [4.69, 9.17) is 16.3 Å². The fourth-order valence-electron chi connectivity index (χ4n) is 3.07. The molecule has 4 rings (SSSR count). The van der Waals surface area contributed by atoms with Gasteiger partial charge < -0.3 is 9.64 Å². The predicted octanol–water partition coefficient (Wildman–Crippen LogP) is 1.65. The summed E-state index contributed by atoms with van der Waals surface area (Å²) in [6.07, 6.45) is 0.896. The van der Waals surface area contributed by atoms with Gasteiger partial charge in [-0.25, -0.2) is 5.43 Å². The summed E-state index contributed by atoms with van der Waals surface area (Å²) in [5, 5.41) is 4.94. The second-order valence-electron chi connectivity index (χ2n) is 5.69. The highest BCUT2D eigenvalue weighted by molar-refractivity contribution is 6.33. The van der Waals surface area contributed by atoms with Crippen molar-refractivity contribution in [3.8, 4) is 0 Å². The van der Waals surface area contributed by atoms with Gasteiger partial charge in [0.1, 0.15) is 0 Å². The number of hydrogen-bond acceptors (Lipinski definition) is 4. The zero-order valence-corrected chi connectivity index (χ0v) is 12.3. The van der Waals surface area contributed by atoms with E-state index in [-0.39, 0.29) is 17.7 Å². The van der Waals surface area contributed by atoms with E-state index < -0.39 is 0 Å². The van der Waals surface area contributed by atoms with Crippen LogP contribution in [0.4, 0.5) is 5.69 Å². The summed E-state index contributed by atoms with van der Waals surface area (Å²) in [6.45, 7) is 3.20. The average Bonchev–Trinajstić information content (AvgIpc) is 3.30. The highest BCUT2D eigenvalue weighted by atomic mass is 35.5. The molecule has 21 heavy (non-hydrogen) atoms. The Morgan fingerprint density at radius 3 is 2.86 bits per heavy atom. The van der Waals surface area contributed by atoms with Crippen molar-refractivity contribution in [3.05, 3.63) is 28.8 Å². The van der Waals surface area contributed by atoms with Gasteiger partial charge >= 0.3 is 0 Å².